The Balaban J connectivity index is 0.000000375. The summed E-state index contributed by atoms with van der Waals surface area (Å²) < 4.78 is 10.5. The van der Waals surface area contributed by atoms with Crippen LogP contribution in [0.4, 0.5) is 5.69 Å². The highest BCUT2D eigenvalue weighted by Gasteiger charge is 2.25. The molecule has 1 aromatic carbocycles. The van der Waals surface area contributed by atoms with Gasteiger partial charge < -0.3 is 19.3 Å². The van der Waals surface area contributed by atoms with Crippen molar-refractivity contribution in [3.05, 3.63) is 57.3 Å². The van der Waals surface area contributed by atoms with Gasteiger partial charge in [0.1, 0.15) is 11.8 Å². The number of amides is 2. The first-order valence-electron chi connectivity index (χ1n) is 12.2. The molecule has 1 atom stereocenters. The number of hydrogen-bond donors (Lipinski definition) is 0. The van der Waals surface area contributed by atoms with Gasteiger partial charge in [-0.3, -0.25) is 9.59 Å². The van der Waals surface area contributed by atoms with Crippen LogP contribution in [0.2, 0.25) is 0 Å². The van der Waals surface area contributed by atoms with Crippen molar-refractivity contribution in [2.75, 3.05) is 50.1 Å². The molecule has 0 aliphatic rings. The zero-order chi connectivity index (χ0) is 28.0. The molecule has 0 saturated carbocycles. The van der Waals surface area contributed by atoms with E-state index in [4.69, 9.17) is 32.7 Å². The normalized spacial score (nSPS) is 11.3. The molecular formula is C28H40Cl2N2O4S. The Morgan fingerprint density at radius 3 is 2.14 bits per heavy atom. The van der Waals surface area contributed by atoms with Gasteiger partial charge in [0.15, 0.2) is 0 Å². The number of hydrogen-bond acceptors (Lipinski definition) is 5. The number of halogens is 2. The third kappa shape index (κ3) is 10.1. The smallest absolute Gasteiger partial charge is 0.242 e. The monoisotopic (exact) mass is 570 g/mol. The zero-order valence-electron chi connectivity index (χ0n) is 23.0. The van der Waals surface area contributed by atoms with Crippen molar-refractivity contribution in [1.82, 2.24) is 4.90 Å². The molecule has 0 fully saturated rings. The van der Waals surface area contributed by atoms with Crippen LogP contribution in [0.15, 0.2) is 41.3 Å². The lowest BCUT2D eigenvalue weighted by molar-refractivity contribution is -0.126. The van der Waals surface area contributed by atoms with Crippen LogP contribution in [0, 0.1) is 13.8 Å². The summed E-state index contributed by atoms with van der Waals surface area (Å²) in [5.74, 6) is -0.231. The number of methoxy groups -OCH3 is 1. The average Bonchev–Trinajstić information content (AvgIpc) is 3.21. The minimum Gasteiger partial charge on any atom is -0.383 e. The number of carbonyl (C=O) groups is 2. The number of alkyl halides is 2. The predicted octanol–water partition coefficient (Wildman–Crippen LogP) is 6.51. The van der Waals surface area contributed by atoms with Gasteiger partial charge in [-0.25, -0.2) is 0 Å². The molecule has 0 radical (unpaired) electrons. The molecule has 0 aliphatic heterocycles. The van der Waals surface area contributed by atoms with Gasteiger partial charge in [-0.1, -0.05) is 35.9 Å². The van der Waals surface area contributed by atoms with Crippen LogP contribution in [0.3, 0.4) is 0 Å². The number of carbonyl (C=O) groups excluding carboxylic acids is 2. The highest BCUT2D eigenvalue weighted by atomic mass is 35.5. The number of anilines is 1. The summed E-state index contributed by atoms with van der Waals surface area (Å²) in [6.45, 7) is 14.1. The Labute approximate surface area is 236 Å². The number of nitrogens with zero attached hydrogens (tertiary/aromatic N) is 2. The summed E-state index contributed by atoms with van der Waals surface area (Å²) in [7, 11) is 1.63. The Bertz CT molecular complexity index is 987. The molecule has 0 N–H and O–H groups in total. The van der Waals surface area contributed by atoms with Crippen LogP contribution in [0.1, 0.15) is 43.7 Å². The van der Waals surface area contributed by atoms with Crippen LogP contribution >= 0.6 is 34.5 Å². The molecule has 0 aliphatic carbocycles. The molecule has 2 rings (SSSR count). The lowest BCUT2D eigenvalue weighted by Gasteiger charge is -2.29. The van der Waals surface area contributed by atoms with E-state index in [1.54, 1.807) is 28.2 Å². The van der Waals surface area contributed by atoms with E-state index in [1.807, 2.05) is 71.9 Å². The number of thiophene rings is 1. The first-order valence-corrected chi connectivity index (χ1v) is 14.2. The first-order chi connectivity index (χ1) is 17.6. The minimum absolute atomic E-state index is 0.0111. The molecule has 206 valence electrons. The second-order valence-corrected chi connectivity index (χ2v) is 10.2. The lowest BCUT2D eigenvalue weighted by atomic mass is 10.1. The molecule has 6 nitrogen and oxygen atoms in total. The highest BCUT2D eigenvalue weighted by molar-refractivity contribution is 7.10. The second kappa shape index (κ2) is 17.6. The first kappa shape index (κ1) is 33.1. The van der Waals surface area contributed by atoms with Crippen molar-refractivity contribution in [2.45, 2.75) is 47.6 Å². The zero-order valence-corrected chi connectivity index (χ0v) is 25.3. The molecule has 9 heteroatoms. The van der Waals surface area contributed by atoms with E-state index in [9.17, 15) is 9.59 Å². The lowest BCUT2D eigenvalue weighted by Crippen LogP contribution is -2.42. The van der Waals surface area contributed by atoms with Crippen LogP contribution in [0.25, 0.3) is 5.70 Å². The van der Waals surface area contributed by atoms with E-state index < -0.39 is 0 Å². The van der Waals surface area contributed by atoms with E-state index >= 15 is 0 Å². The van der Waals surface area contributed by atoms with Gasteiger partial charge in [0.05, 0.1) is 24.9 Å². The summed E-state index contributed by atoms with van der Waals surface area (Å²) in [5.41, 5.74) is 5.09. The van der Waals surface area contributed by atoms with Gasteiger partial charge in [0, 0.05) is 30.8 Å². The molecule has 0 spiro atoms. The molecule has 0 bridgehead atoms. The number of benzene rings is 1. The molecule has 2 aromatic rings. The van der Waals surface area contributed by atoms with Crippen molar-refractivity contribution >= 4 is 57.7 Å². The van der Waals surface area contributed by atoms with Gasteiger partial charge in [-0.2, -0.15) is 0 Å². The number of aryl methyl sites for hydroxylation is 2. The average molecular weight is 572 g/mol. The third-order valence-corrected chi connectivity index (χ3v) is 6.94. The van der Waals surface area contributed by atoms with Crippen LogP contribution < -0.4 is 4.90 Å². The largest absolute Gasteiger partial charge is 0.383 e. The summed E-state index contributed by atoms with van der Waals surface area (Å²) in [6, 6.07) is 9.86. The van der Waals surface area contributed by atoms with E-state index in [2.05, 4.69) is 5.38 Å². The number of allylic oxidation sites excluding steroid dienone is 1. The Morgan fingerprint density at radius 2 is 1.68 bits per heavy atom. The van der Waals surface area contributed by atoms with Crippen molar-refractivity contribution in [3.63, 3.8) is 0 Å². The molecule has 1 heterocycles. The molecule has 2 amide bonds. The fraction of sp³-hybridized carbons (Fsp3) is 0.500. The van der Waals surface area contributed by atoms with Gasteiger partial charge >= 0.3 is 0 Å². The standard InChI is InChI=1S/C16H22ClNO2.C12H18ClNO2S/c1-4-20-11-10-18(15(19)12-17)16(13(2)3)14-8-6-5-7-9-14;1-8-7-17-10(3)12(8)14(11(15)5-13)9(2)6-16-4/h5-9H,4,10-12H2,1-3H3;7,9H,5-6H2,1-4H3/t;9-/m.0/s1. The fourth-order valence-corrected chi connectivity index (χ4v) is 5.05. The van der Waals surface area contributed by atoms with Crippen LogP contribution in [-0.4, -0.2) is 68.0 Å². The van der Waals surface area contributed by atoms with E-state index in [0.717, 1.165) is 33.0 Å². The van der Waals surface area contributed by atoms with Gasteiger partial charge in [0.25, 0.3) is 0 Å². The third-order valence-electron chi connectivity index (χ3n) is 5.46. The summed E-state index contributed by atoms with van der Waals surface area (Å²) in [6.07, 6.45) is 0. The summed E-state index contributed by atoms with van der Waals surface area (Å²) >= 11 is 13.1. The molecule has 0 unspecified atom stereocenters. The van der Waals surface area contributed by atoms with E-state index in [-0.39, 0.29) is 29.6 Å². The highest BCUT2D eigenvalue weighted by Crippen LogP contribution is 2.32. The minimum atomic E-state index is -0.105. The predicted molar refractivity (Wildman–Crippen MR) is 157 cm³/mol. The maximum absolute atomic E-state index is 12.1. The molecule has 37 heavy (non-hydrogen) atoms. The van der Waals surface area contributed by atoms with Gasteiger partial charge in [-0.15, -0.1) is 34.5 Å². The number of rotatable bonds is 12. The van der Waals surface area contributed by atoms with Crippen LogP contribution in [-0.2, 0) is 19.1 Å². The maximum Gasteiger partial charge on any atom is 0.242 e. The Hall–Kier alpha value is -1.90. The maximum atomic E-state index is 12.1. The van der Waals surface area contributed by atoms with Gasteiger partial charge in [0.2, 0.25) is 11.8 Å². The Morgan fingerprint density at radius 1 is 1.05 bits per heavy atom. The van der Waals surface area contributed by atoms with Crippen molar-refractivity contribution in [2.24, 2.45) is 0 Å². The Kier molecular flexibility index (Phi) is 15.7. The molecular weight excluding hydrogens is 531 g/mol. The molecule has 0 saturated heterocycles. The summed E-state index contributed by atoms with van der Waals surface area (Å²) in [4.78, 5) is 28.7. The molecule has 1 aromatic heterocycles. The van der Waals surface area contributed by atoms with Crippen LogP contribution in [0.5, 0.6) is 0 Å². The van der Waals surface area contributed by atoms with E-state index in [0.29, 0.717) is 26.4 Å². The summed E-state index contributed by atoms with van der Waals surface area (Å²) in [5, 5.41) is 2.05. The second-order valence-electron chi connectivity index (χ2n) is 8.62. The SMILES string of the molecule is CCOCCN(C(=O)CCl)C(=C(C)C)c1ccccc1.COC[C@H](C)N(C(=O)CCl)c1c(C)csc1C. The van der Waals surface area contributed by atoms with Crippen molar-refractivity contribution < 1.29 is 19.1 Å². The van der Waals surface area contributed by atoms with Crippen molar-refractivity contribution in [1.29, 1.82) is 0 Å². The topological polar surface area (TPSA) is 59.1 Å². The fourth-order valence-electron chi connectivity index (χ4n) is 3.94. The van der Waals surface area contributed by atoms with E-state index in [1.165, 1.54) is 0 Å². The quantitative estimate of drug-likeness (QED) is 0.215. The van der Waals surface area contributed by atoms with Gasteiger partial charge in [-0.05, 0) is 58.0 Å². The van der Waals surface area contributed by atoms with Crippen molar-refractivity contribution in [3.8, 4) is 0 Å². The number of ether oxygens (including phenoxy) is 2.